The van der Waals surface area contributed by atoms with Gasteiger partial charge in [0, 0.05) is 6.04 Å². The van der Waals surface area contributed by atoms with Gasteiger partial charge < -0.3 is 15.2 Å². The summed E-state index contributed by atoms with van der Waals surface area (Å²) in [5.41, 5.74) is 2.08. The van der Waals surface area contributed by atoms with Gasteiger partial charge in [-0.05, 0) is 29.7 Å². The summed E-state index contributed by atoms with van der Waals surface area (Å²) in [6.07, 6.45) is 0.451. The lowest BCUT2D eigenvalue weighted by Crippen LogP contribution is -2.42. The summed E-state index contributed by atoms with van der Waals surface area (Å²) in [5.74, 6) is -0.0515. The molecule has 2 N–H and O–H groups in total. The molecule has 0 fully saturated rings. The summed E-state index contributed by atoms with van der Waals surface area (Å²) < 4.78 is 5.73. The van der Waals surface area contributed by atoms with Crippen LogP contribution in [-0.2, 0) is 17.8 Å². The molecule has 1 atom stereocenters. The molecule has 0 saturated carbocycles. The van der Waals surface area contributed by atoms with Crippen LogP contribution in [0.1, 0.15) is 25.0 Å². The Kier molecular flexibility index (Phi) is 6.18. The molecule has 4 nitrogen and oxygen atoms in total. The van der Waals surface area contributed by atoms with Crippen molar-refractivity contribution in [2.45, 2.75) is 39.0 Å². The zero-order chi connectivity index (χ0) is 16.7. The number of aliphatic carboxylic acids is 1. The molecule has 0 bridgehead atoms. The van der Waals surface area contributed by atoms with Gasteiger partial charge in [0.05, 0.1) is 0 Å². The summed E-state index contributed by atoms with van der Waals surface area (Å²) in [6, 6.07) is 17.1. The van der Waals surface area contributed by atoms with Crippen molar-refractivity contribution in [3.05, 3.63) is 65.7 Å². The Balaban J connectivity index is 1.92. The van der Waals surface area contributed by atoms with Crippen molar-refractivity contribution in [3.63, 3.8) is 0 Å². The van der Waals surface area contributed by atoms with Crippen molar-refractivity contribution in [2.75, 3.05) is 0 Å². The molecule has 0 unspecified atom stereocenters. The molecule has 0 aliphatic carbocycles. The molecule has 23 heavy (non-hydrogen) atoms. The molecule has 2 aromatic rings. The van der Waals surface area contributed by atoms with E-state index in [1.807, 2.05) is 68.4 Å². The zero-order valence-electron chi connectivity index (χ0n) is 13.5. The van der Waals surface area contributed by atoms with Crippen molar-refractivity contribution in [3.8, 4) is 5.75 Å². The van der Waals surface area contributed by atoms with Crippen LogP contribution in [0.5, 0.6) is 5.75 Å². The second kappa shape index (κ2) is 8.34. The van der Waals surface area contributed by atoms with Gasteiger partial charge in [0.2, 0.25) is 0 Å². The van der Waals surface area contributed by atoms with Crippen molar-refractivity contribution in [2.24, 2.45) is 0 Å². The predicted molar refractivity (Wildman–Crippen MR) is 90.6 cm³/mol. The highest BCUT2D eigenvalue weighted by Crippen LogP contribution is 2.15. The summed E-state index contributed by atoms with van der Waals surface area (Å²) in [7, 11) is 0. The van der Waals surface area contributed by atoms with Crippen LogP contribution >= 0.6 is 0 Å². The summed E-state index contributed by atoms with van der Waals surface area (Å²) >= 11 is 0. The lowest BCUT2D eigenvalue weighted by molar-refractivity contribution is -0.139. The number of hydrogen-bond acceptors (Lipinski definition) is 3. The third-order valence-corrected chi connectivity index (χ3v) is 3.44. The van der Waals surface area contributed by atoms with Crippen LogP contribution in [-0.4, -0.2) is 23.2 Å². The van der Waals surface area contributed by atoms with Gasteiger partial charge >= 0.3 is 5.97 Å². The van der Waals surface area contributed by atoms with E-state index in [-0.39, 0.29) is 6.04 Å². The average Bonchev–Trinajstić information content (AvgIpc) is 2.54. The Labute approximate surface area is 137 Å². The normalized spacial score (nSPS) is 12.1. The average molecular weight is 313 g/mol. The van der Waals surface area contributed by atoms with Crippen LogP contribution in [0.3, 0.4) is 0 Å². The lowest BCUT2D eigenvalue weighted by Gasteiger charge is -2.17. The highest BCUT2D eigenvalue weighted by molar-refractivity contribution is 5.74. The number of hydrogen-bond donors (Lipinski definition) is 2. The Morgan fingerprint density at radius 1 is 1.04 bits per heavy atom. The number of benzene rings is 2. The maximum atomic E-state index is 11.3. The molecule has 4 heteroatoms. The zero-order valence-corrected chi connectivity index (χ0v) is 13.5. The van der Waals surface area contributed by atoms with Crippen molar-refractivity contribution in [1.82, 2.24) is 5.32 Å². The van der Waals surface area contributed by atoms with Gasteiger partial charge in [0.15, 0.2) is 0 Å². The number of carboxylic acids is 1. The molecule has 0 aliphatic rings. The Bertz CT molecular complexity index is 608. The van der Waals surface area contributed by atoms with Crippen LogP contribution in [0.15, 0.2) is 54.6 Å². The van der Waals surface area contributed by atoms with Gasteiger partial charge in [-0.25, -0.2) is 0 Å². The van der Waals surface area contributed by atoms with E-state index < -0.39 is 12.0 Å². The monoisotopic (exact) mass is 313 g/mol. The van der Waals surface area contributed by atoms with E-state index in [0.717, 1.165) is 16.9 Å². The van der Waals surface area contributed by atoms with E-state index in [0.29, 0.717) is 13.0 Å². The van der Waals surface area contributed by atoms with E-state index in [9.17, 15) is 9.90 Å². The molecule has 0 aromatic heterocycles. The number of carboxylic acid groups (broad SMARTS) is 1. The molecule has 2 aromatic carbocycles. The minimum absolute atomic E-state index is 0.129. The largest absolute Gasteiger partial charge is 0.489 e. The molecule has 0 spiro atoms. The quantitative estimate of drug-likeness (QED) is 0.785. The van der Waals surface area contributed by atoms with E-state index in [2.05, 4.69) is 5.32 Å². The molecular weight excluding hydrogens is 290 g/mol. The maximum absolute atomic E-state index is 11.3. The fraction of sp³-hybridized carbons (Fsp3) is 0.316. The highest BCUT2D eigenvalue weighted by atomic mass is 16.5. The number of carbonyl (C=O) groups is 1. The van der Waals surface area contributed by atoms with Crippen LogP contribution in [0.2, 0.25) is 0 Å². The maximum Gasteiger partial charge on any atom is 0.321 e. The number of ether oxygens (including phenoxy) is 1. The Morgan fingerprint density at radius 2 is 1.70 bits per heavy atom. The third kappa shape index (κ3) is 5.75. The first kappa shape index (κ1) is 17.0. The number of nitrogens with one attached hydrogen (secondary N) is 1. The lowest BCUT2D eigenvalue weighted by atomic mass is 10.1. The summed E-state index contributed by atoms with van der Waals surface area (Å²) in [4.78, 5) is 11.3. The van der Waals surface area contributed by atoms with Crippen molar-refractivity contribution in [1.29, 1.82) is 0 Å². The summed E-state index contributed by atoms with van der Waals surface area (Å²) in [6.45, 7) is 4.40. The molecule has 122 valence electrons. The van der Waals surface area contributed by atoms with Gasteiger partial charge in [0.1, 0.15) is 18.4 Å². The van der Waals surface area contributed by atoms with E-state index in [1.54, 1.807) is 0 Å². The van der Waals surface area contributed by atoms with Crippen molar-refractivity contribution >= 4 is 5.97 Å². The van der Waals surface area contributed by atoms with Crippen LogP contribution in [0.4, 0.5) is 0 Å². The van der Waals surface area contributed by atoms with Gasteiger partial charge in [0.25, 0.3) is 0 Å². The first-order chi connectivity index (χ1) is 11.0. The molecule has 0 saturated heterocycles. The van der Waals surface area contributed by atoms with Gasteiger partial charge in [-0.15, -0.1) is 0 Å². The minimum atomic E-state index is -0.830. The van der Waals surface area contributed by atoms with Gasteiger partial charge in [-0.1, -0.05) is 56.3 Å². The smallest absolute Gasteiger partial charge is 0.321 e. The molecule has 0 radical (unpaired) electrons. The Hall–Kier alpha value is -2.33. The fourth-order valence-corrected chi connectivity index (χ4v) is 2.32. The highest BCUT2D eigenvalue weighted by Gasteiger charge is 2.18. The topological polar surface area (TPSA) is 58.6 Å². The van der Waals surface area contributed by atoms with Crippen molar-refractivity contribution < 1.29 is 14.6 Å². The third-order valence-electron chi connectivity index (χ3n) is 3.44. The second-order valence-corrected chi connectivity index (χ2v) is 5.83. The van der Waals surface area contributed by atoms with Crippen LogP contribution in [0.25, 0.3) is 0 Å². The Morgan fingerprint density at radius 3 is 2.26 bits per heavy atom. The molecule has 0 aliphatic heterocycles. The van der Waals surface area contributed by atoms with Gasteiger partial charge in [-0.2, -0.15) is 0 Å². The second-order valence-electron chi connectivity index (χ2n) is 5.83. The molecule has 0 amide bonds. The molecule has 2 rings (SSSR count). The SMILES string of the molecule is CC(C)N[C@@H](Cc1ccc(OCc2ccccc2)cc1)C(=O)O. The number of rotatable bonds is 8. The van der Waals surface area contributed by atoms with Crippen LogP contribution < -0.4 is 10.1 Å². The first-order valence-electron chi connectivity index (χ1n) is 7.79. The van der Waals surface area contributed by atoms with E-state index in [4.69, 9.17) is 4.74 Å². The van der Waals surface area contributed by atoms with E-state index in [1.165, 1.54) is 0 Å². The summed E-state index contributed by atoms with van der Waals surface area (Å²) in [5, 5.41) is 12.3. The first-order valence-corrected chi connectivity index (χ1v) is 7.79. The standard InChI is InChI=1S/C19H23NO3/c1-14(2)20-18(19(21)22)12-15-8-10-17(11-9-15)23-13-16-6-4-3-5-7-16/h3-11,14,18,20H,12-13H2,1-2H3,(H,21,22)/t18-/m0/s1. The van der Waals surface area contributed by atoms with E-state index >= 15 is 0 Å². The predicted octanol–water partition coefficient (Wildman–Crippen LogP) is 3.26. The van der Waals surface area contributed by atoms with Gasteiger partial charge in [-0.3, -0.25) is 4.79 Å². The fourth-order valence-electron chi connectivity index (χ4n) is 2.32. The minimum Gasteiger partial charge on any atom is -0.489 e. The molecular formula is C19H23NO3. The molecule has 0 heterocycles. The van der Waals surface area contributed by atoms with Crippen LogP contribution in [0, 0.1) is 0 Å².